The number of sulfonamides is 1. The number of rotatable bonds is 12. The lowest BCUT2D eigenvalue weighted by atomic mass is 10.0. The van der Waals surface area contributed by atoms with E-state index >= 15 is 0 Å². The highest BCUT2D eigenvalue weighted by Crippen LogP contribution is 2.24. The maximum absolute atomic E-state index is 13.9. The molecule has 1 atom stereocenters. The molecule has 2 aromatic rings. The molecule has 0 aliphatic heterocycles. The van der Waals surface area contributed by atoms with Gasteiger partial charge in [-0.2, -0.15) is 0 Å². The van der Waals surface area contributed by atoms with E-state index in [-0.39, 0.29) is 18.5 Å². The second kappa shape index (κ2) is 13.1. The molecule has 1 fully saturated rings. The summed E-state index contributed by atoms with van der Waals surface area (Å²) in [5.41, 5.74) is 2.27. The first kappa shape index (κ1) is 29.5. The highest BCUT2D eigenvalue weighted by molar-refractivity contribution is 7.92. The van der Waals surface area contributed by atoms with Gasteiger partial charge in [0.2, 0.25) is 21.8 Å². The SMILES string of the molecule is CCC(C(=O)NC1CCCC1)N(Cc1cccc(OC)c1)C(=O)CN(c1ccc(C(C)C)cc1)S(C)(=O)=O. The molecule has 9 heteroatoms. The highest BCUT2D eigenvalue weighted by atomic mass is 32.2. The van der Waals surface area contributed by atoms with E-state index in [1.54, 1.807) is 19.2 Å². The number of carbonyl (C=O) groups excluding carboxylic acids is 2. The lowest BCUT2D eigenvalue weighted by Crippen LogP contribution is -2.53. The molecule has 38 heavy (non-hydrogen) atoms. The van der Waals surface area contributed by atoms with Gasteiger partial charge in [0.15, 0.2) is 0 Å². The van der Waals surface area contributed by atoms with Crippen molar-refractivity contribution in [3.05, 3.63) is 59.7 Å². The summed E-state index contributed by atoms with van der Waals surface area (Å²) >= 11 is 0. The summed E-state index contributed by atoms with van der Waals surface area (Å²) in [6.45, 7) is 5.73. The third-order valence-corrected chi connectivity index (χ3v) is 8.24. The minimum Gasteiger partial charge on any atom is -0.497 e. The lowest BCUT2D eigenvalue weighted by molar-refractivity contribution is -0.140. The largest absolute Gasteiger partial charge is 0.497 e. The average molecular weight is 544 g/mol. The van der Waals surface area contributed by atoms with Gasteiger partial charge in [0.1, 0.15) is 18.3 Å². The Labute approximate surface area is 227 Å². The molecule has 8 nitrogen and oxygen atoms in total. The van der Waals surface area contributed by atoms with Crippen molar-refractivity contribution >= 4 is 27.5 Å². The molecule has 0 aromatic heterocycles. The van der Waals surface area contributed by atoms with Gasteiger partial charge in [-0.1, -0.05) is 57.9 Å². The number of nitrogens with zero attached hydrogens (tertiary/aromatic N) is 2. The van der Waals surface area contributed by atoms with E-state index in [9.17, 15) is 18.0 Å². The number of carbonyl (C=O) groups is 2. The zero-order chi connectivity index (χ0) is 27.9. The quantitative estimate of drug-likeness (QED) is 0.427. The van der Waals surface area contributed by atoms with Gasteiger partial charge in [0.05, 0.1) is 19.1 Å². The van der Waals surface area contributed by atoms with Crippen LogP contribution in [-0.2, 0) is 26.2 Å². The van der Waals surface area contributed by atoms with E-state index in [0.29, 0.717) is 23.8 Å². The van der Waals surface area contributed by atoms with Gasteiger partial charge >= 0.3 is 0 Å². The van der Waals surface area contributed by atoms with E-state index in [1.807, 2.05) is 43.3 Å². The van der Waals surface area contributed by atoms with Crippen LogP contribution in [0.2, 0.25) is 0 Å². The molecule has 2 amide bonds. The van der Waals surface area contributed by atoms with Crippen molar-refractivity contribution in [3.63, 3.8) is 0 Å². The molecule has 208 valence electrons. The standard InChI is InChI=1S/C29H41N3O5S/c1-6-27(29(34)30-24-11-7-8-12-24)31(19-22-10-9-13-26(18-22)37-4)28(33)20-32(38(5,35)36)25-16-14-23(15-17-25)21(2)3/h9-10,13-18,21,24,27H,6-8,11-12,19-20H2,1-5H3,(H,30,34). The van der Waals surface area contributed by atoms with Crippen LogP contribution in [-0.4, -0.2) is 57.1 Å². The Bertz CT molecular complexity index is 1190. The zero-order valence-electron chi connectivity index (χ0n) is 23.1. The van der Waals surface area contributed by atoms with E-state index in [2.05, 4.69) is 19.2 Å². The van der Waals surface area contributed by atoms with Crippen molar-refractivity contribution in [2.24, 2.45) is 0 Å². The van der Waals surface area contributed by atoms with Crippen molar-refractivity contribution in [1.82, 2.24) is 10.2 Å². The van der Waals surface area contributed by atoms with Crippen LogP contribution in [0, 0.1) is 0 Å². The predicted molar refractivity (Wildman–Crippen MR) is 151 cm³/mol. The van der Waals surface area contributed by atoms with E-state index in [1.165, 1.54) is 4.90 Å². The van der Waals surface area contributed by atoms with Gasteiger partial charge in [-0.3, -0.25) is 13.9 Å². The molecule has 1 aliphatic rings. The Morgan fingerprint density at radius 1 is 1.08 bits per heavy atom. The maximum atomic E-state index is 13.9. The van der Waals surface area contributed by atoms with Gasteiger partial charge in [-0.05, 0) is 60.6 Å². The summed E-state index contributed by atoms with van der Waals surface area (Å²) in [5, 5.41) is 3.12. The molecule has 0 radical (unpaired) electrons. The Morgan fingerprint density at radius 2 is 1.74 bits per heavy atom. The van der Waals surface area contributed by atoms with E-state index < -0.39 is 28.5 Å². The minimum atomic E-state index is -3.77. The average Bonchev–Trinajstić information content (AvgIpc) is 3.39. The highest BCUT2D eigenvalue weighted by Gasteiger charge is 2.33. The molecule has 0 saturated heterocycles. The molecule has 0 bridgehead atoms. The topological polar surface area (TPSA) is 96.0 Å². The molecule has 0 heterocycles. The molecule has 1 saturated carbocycles. The first-order chi connectivity index (χ1) is 18.0. The number of hydrogen-bond donors (Lipinski definition) is 1. The van der Waals surface area contributed by atoms with Gasteiger partial charge in [0.25, 0.3) is 0 Å². The third kappa shape index (κ3) is 7.72. The minimum absolute atomic E-state index is 0.109. The van der Waals surface area contributed by atoms with Crippen LogP contribution in [0.15, 0.2) is 48.5 Å². The molecule has 1 unspecified atom stereocenters. The van der Waals surface area contributed by atoms with Crippen LogP contribution in [0.25, 0.3) is 0 Å². The van der Waals surface area contributed by atoms with Gasteiger partial charge < -0.3 is 15.0 Å². The van der Waals surface area contributed by atoms with Gasteiger partial charge in [0, 0.05) is 12.6 Å². The molecule has 3 rings (SSSR count). The Morgan fingerprint density at radius 3 is 2.29 bits per heavy atom. The summed E-state index contributed by atoms with van der Waals surface area (Å²) < 4.78 is 32.1. The third-order valence-electron chi connectivity index (χ3n) is 7.10. The lowest BCUT2D eigenvalue weighted by Gasteiger charge is -2.33. The number of amides is 2. The number of nitrogens with one attached hydrogen (secondary N) is 1. The number of anilines is 1. The molecular weight excluding hydrogens is 502 g/mol. The Hall–Kier alpha value is -3.07. The summed E-state index contributed by atoms with van der Waals surface area (Å²) in [5.74, 6) is 0.281. The van der Waals surface area contributed by atoms with Crippen molar-refractivity contribution in [2.45, 2.75) is 77.4 Å². The normalized spacial score (nSPS) is 14.8. The second-order valence-corrected chi connectivity index (χ2v) is 12.2. The maximum Gasteiger partial charge on any atom is 0.244 e. The van der Waals surface area contributed by atoms with Crippen LogP contribution >= 0.6 is 0 Å². The van der Waals surface area contributed by atoms with Crippen LogP contribution in [0.4, 0.5) is 5.69 Å². The van der Waals surface area contributed by atoms with Crippen molar-refractivity contribution < 1.29 is 22.7 Å². The summed E-state index contributed by atoms with van der Waals surface area (Å²) in [6.07, 6.45) is 5.50. The fourth-order valence-electron chi connectivity index (χ4n) is 4.89. The van der Waals surface area contributed by atoms with Gasteiger partial charge in [-0.25, -0.2) is 8.42 Å². The van der Waals surface area contributed by atoms with Crippen LogP contribution in [0.5, 0.6) is 5.75 Å². The van der Waals surface area contributed by atoms with Crippen molar-refractivity contribution in [1.29, 1.82) is 0 Å². The Balaban J connectivity index is 1.93. The zero-order valence-corrected chi connectivity index (χ0v) is 24.0. The fourth-order valence-corrected chi connectivity index (χ4v) is 5.74. The number of ether oxygens (including phenoxy) is 1. The van der Waals surface area contributed by atoms with Crippen LogP contribution in [0.3, 0.4) is 0 Å². The monoisotopic (exact) mass is 543 g/mol. The van der Waals surface area contributed by atoms with Crippen molar-refractivity contribution in [2.75, 3.05) is 24.2 Å². The van der Waals surface area contributed by atoms with E-state index in [4.69, 9.17) is 4.74 Å². The first-order valence-electron chi connectivity index (χ1n) is 13.3. The van der Waals surface area contributed by atoms with Crippen molar-refractivity contribution in [3.8, 4) is 5.75 Å². The molecule has 1 N–H and O–H groups in total. The van der Waals surface area contributed by atoms with Crippen LogP contribution in [0.1, 0.15) is 69.9 Å². The first-order valence-corrected chi connectivity index (χ1v) is 15.2. The Kier molecular flexibility index (Phi) is 10.2. The second-order valence-electron chi connectivity index (χ2n) is 10.3. The van der Waals surface area contributed by atoms with Gasteiger partial charge in [-0.15, -0.1) is 0 Å². The van der Waals surface area contributed by atoms with Crippen LogP contribution < -0.4 is 14.4 Å². The summed E-state index contributed by atoms with van der Waals surface area (Å²) in [6, 6.07) is 13.9. The molecule has 0 spiro atoms. The molecular formula is C29H41N3O5S. The number of benzene rings is 2. The predicted octanol–water partition coefficient (Wildman–Crippen LogP) is 4.45. The summed E-state index contributed by atoms with van der Waals surface area (Å²) in [7, 11) is -2.20. The number of methoxy groups -OCH3 is 1. The smallest absolute Gasteiger partial charge is 0.244 e. The molecule has 2 aromatic carbocycles. The fraction of sp³-hybridized carbons (Fsp3) is 0.517. The van der Waals surface area contributed by atoms with E-state index in [0.717, 1.165) is 47.4 Å². The number of hydrogen-bond acceptors (Lipinski definition) is 5. The summed E-state index contributed by atoms with van der Waals surface area (Å²) in [4.78, 5) is 28.7. The molecule has 1 aliphatic carbocycles.